The van der Waals surface area contributed by atoms with E-state index < -0.39 is 10.7 Å². The second-order valence-corrected chi connectivity index (χ2v) is 6.17. The Morgan fingerprint density at radius 1 is 1.30 bits per heavy atom. The molecule has 5 nitrogen and oxygen atoms in total. The lowest BCUT2D eigenvalue weighted by Crippen LogP contribution is -2.11. The van der Waals surface area contributed by atoms with Crippen LogP contribution in [0.3, 0.4) is 0 Å². The topological polar surface area (TPSA) is 50.7 Å². The van der Waals surface area contributed by atoms with Crippen LogP contribution in [0.25, 0.3) is 4.85 Å². The summed E-state index contributed by atoms with van der Waals surface area (Å²) in [7, 11) is 3.85. The van der Waals surface area contributed by atoms with Crippen LogP contribution >= 0.6 is 11.8 Å². The van der Waals surface area contributed by atoms with Crippen molar-refractivity contribution in [1.82, 2.24) is 4.90 Å². The fourth-order valence-corrected chi connectivity index (χ4v) is 3.08. The zero-order valence-corrected chi connectivity index (χ0v) is 13.4. The summed E-state index contributed by atoms with van der Waals surface area (Å²) < 4.78 is 13.8. The van der Waals surface area contributed by atoms with Gasteiger partial charge in [-0.15, -0.1) is 0 Å². The van der Waals surface area contributed by atoms with E-state index in [9.17, 15) is 14.5 Å². The molecule has 0 bridgehead atoms. The quantitative estimate of drug-likeness (QED) is 0.460. The first kappa shape index (κ1) is 16.9. The van der Waals surface area contributed by atoms with Crippen LogP contribution in [0.15, 0.2) is 46.2 Å². The molecule has 0 aliphatic heterocycles. The van der Waals surface area contributed by atoms with Gasteiger partial charge in [0.1, 0.15) is 5.82 Å². The van der Waals surface area contributed by atoms with Crippen molar-refractivity contribution in [3.63, 3.8) is 0 Å². The highest BCUT2D eigenvalue weighted by Crippen LogP contribution is 2.39. The molecule has 0 N–H and O–H groups in total. The molecule has 0 atom stereocenters. The number of hydrogen-bond acceptors (Lipinski definition) is 4. The largest absolute Gasteiger partial charge is 0.305 e. The summed E-state index contributed by atoms with van der Waals surface area (Å²) in [5, 5.41) is 11.2. The van der Waals surface area contributed by atoms with Gasteiger partial charge in [-0.2, -0.15) is 0 Å². The predicted octanol–water partition coefficient (Wildman–Crippen LogP) is 4.50. The lowest BCUT2D eigenvalue weighted by Gasteiger charge is -2.14. The Morgan fingerprint density at radius 3 is 2.61 bits per heavy atom. The average molecular weight is 331 g/mol. The van der Waals surface area contributed by atoms with Gasteiger partial charge in [0.2, 0.25) is 5.69 Å². The Morgan fingerprint density at radius 2 is 2.00 bits per heavy atom. The number of nitrogens with zero attached hydrogens (tertiary/aromatic N) is 3. The van der Waals surface area contributed by atoms with Gasteiger partial charge in [0.25, 0.3) is 5.69 Å². The fraction of sp³-hybridized carbons (Fsp3) is 0.188. The molecule has 0 saturated carbocycles. The minimum atomic E-state index is -0.752. The molecule has 2 aromatic carbocycles. The predicted molar refractivity (Wildman–Crippen MR) is 87.3 cm³/mol. The number of nitro groups is 1. The van der Waals surface area contributed by atoms with Crippen LogP contribution in [0.5, 0.6) is 0 Å². The standard InChI is InChI=1S/C16H14FN3O2S/c1-18-13-9-14(20(21)22)16(8-12(13)17)23-15-7-5-4-6-11(15)10-19(2)3/h4-9H,10H2,2-3H3. The van der Waals surface area contributed by atoms with Crippen LogP contribution in [0.1, 0.15) is 5.56 Å². The summed E-state index contributed by atoms with van der Waals surface area (Å²) in [4.78, 5) is 16.6. The van der Waals surface area contributed by atoms with Crippen molar-refractivity contribution >= 4 is 23.1 Å². The second-order valence-electron chi connectivity index (χ2n) is 5.09. The summed E-state index contributed by atoms with van der Waals surface area (Å²) >= 11 is 1.13. The molecule has 118 valence electrons. The van der Waals surface area contributed by atoms with Crippen molar-refractivity contribution in [3.05, 3.63) is 69.3 Å². The minimum absolute atomic E-state index is 0.186. The van der Waals surface area contributed by atoms with E-state index in [1.807, 2.05) is 43.3 Å². The maximum Gasteiger partial charge on any atom is 0.273 e. The van der Waals surface area contributed by atoms with E-state index in [0.29, 0.717) is 6.54 Å². The summed E-state index contributed by atoms with van der Waals surface area (Å²) in [6.07, 6.45) is 0. The normalized spacial score (nSPS) is 10.6. The second kappa shape index (κ2) is 7.22. The molecule has 0 fully saturated rings. The van der Waals surface area contributed by atoms with Gasteiger partial charge in [-0.3, -0.25) is 10.1 Å². The van der Waals surface area contributed by atoms with Crippen LogP contribution in [0, 0.1) is 22.5 Å². The van der Waals surface area contributed by atoms with Gasteiger partial charge in [-0.05, 0) is 31.8 Å². The van der Waals surface area contributed by atoms with E-state index >= 15 is 0 Å². The van der Waals surface area contributed by atoms with Gasteiger partial charge in [0.15, 0.2) is 0 Å². The van der Waals surface area contributed by atoms with Crippen molar-refractivity contribution in [1.29, 1.82) is 0 Å². The van der Waals surface area contributed by atoms with Crippen LogP contribution in [0.2, 0.25) is 0 Å². The molecule has 0 saturated heterocycles. The monoisotopic (exact) mass is 331 g/mol. The van der Waals surface area contributed by atoms with Crippen LogP contribution in [0.4, 0.5) is 15.8 Å². The van der Waals surface area contributed by atoms with Crippen molar-refractivity contribution in [2.75, 3.05) is 14.1 Å². The van der Waals surface area contributed by atoms with E-state index in [2.05, 4.69) is 4.85 Å². The molecule has 7 heteroatoms. The van der Waals surface area contributed by atoms with E-state index in [0.717, 1.165) is 34.4 Å². The summed E-state index contributed by atoms with van der Waals surface area (Å²) in [5.41, 5.74) is 0.385. The van der Waals surface area contributed by atoms with E-state index in [1.165, 1.54) is 0 Å². The van der Waals surface area contributed by atoms with Gasteiger partial charge in [-0.25, -0.2) is 9.24 Å². The lowest BCUT2D eigenvalue weighted by atomic mass is 10.2. The SMILES string of the molecule is [C-]#[N+]c1cc([N+](=O)[O-])c(Sc2ccccc2CN(C)C)cc1F. The molecule has 0 heterocycles. The van der Waals surface area contributed by atoms with Crippen LogP contribution in [-0.4, -0.2) is 23.9 Å². The van der Waals surface area contributed by atoms with E-state index in [4.69, 9.17) is 6.57 Å². The van der Waals surface area contributed by atoms with Gasteiger partial charge < -0.3 is 4.90 Å². The first-order valence-corrected chi connectivity index (χ1v) is 7.50. The molecular weight excluding hydrogens is 317 g/mol. The van der Waals surface area contributed by atoms with Gasteiger partial charge in [0.05, 0.1) is 16.4 Å². The smallest absolute Gasteiger partial charge is 0.273 e. The zero-order valence-electron chi connectivity index (χ0n) is 12.6. The minimum Gasteiger partial charge on any atom is -0.305 e. The van der Waals surface area contributed by atoms with Crippen LogP contribution in [-0.2, 0) is 6.54 Å². The highest BCUT2D eigenvalue weighted by atomic mass is 32.2. The zero-order chi connectivity index (χ0) is 17.0. The number of nitro benzene ring substituents is 1. The molecule has 0 radical (unpaired) electrons. The van der Waals surface area contributed by atoms with Gasteiger partial charge >= 0.3 is 0 Å². The molecular formula is C16H14FN3O2S. The van der Waals surface area contributed by atoms with Crippen molar-refractivity contribution in [2.45, 2.75) is 16.3 Å². The molecule has 23 heavy (non-hydrogen) atoms. The Bertz CT molecular complexity index is 787. The van der Waals surface area contributed by atoms with Crippen molar-refractivity contribution in [2.24, 2.45) is 0 Å². The van der Waals surface area contributed by atoms with Crippen LogP contribution < -0.4 is 0 Å². The molecule has 2 aromatic rings. The highest BCUT2D eigenvalue weighted by Gasteiger charge is 2.20. The molecule has 0 aromatic heterocycles. The maximum atomic E-state index is 13.8. The Labute approximate surface area is 137 Å². The first-order valence-electron chi connectivity index (χ1n) is 6.68. The highest BCUT2D eigenvalue weighted by molar-refractivity contribution is 7.99. The molecule has 0 unspecified atom stereocenters. The third kappa shape index (κ3) is 4.06. The third-order valence-corrected chi connectivity index (χ3v) is 4.19. The summed E-state index contributed by atoms with van der Waals surface area (Å²) in [6.45, 7) is 7.54. The average Bonchev–Trinajstić information content (AvgIpc) is 2.48. The maximum absolute atomic E-state index is 13.8. The molecule has 0 aliphatic carbocycles. The van der Waals surface area contributed by atoms with Crippen molar-refractivity contribution in [3.8, 4) is 0 Å². The lowest BCUT2D eigenvalue weighted by molar-refractivity contribution is -0.387. The number of benzene rings is 2. The first-order chi connectivity index (χ1) is 10.9. The number of rotatable bonds is 5. The van der Waals surface area contributed by atoms with Gasteiger partial charge in [0, 0.05) is 17.5 Å². The fourth-order valence-electron chi connectivity index (χ4n) is 2.04. The summed E-state index contributed by atoms with van der Waals surface area (Å²) in [6, 6.07) is 9.53. The Balaban J connectivity index is 2.47. The Hall–Kier alpha value is -2.43. The molecule has 2 rings (SSSR count). The molecule has 0 amide bonds. The van der Waals surface area contributed by atoms with E-state index in [-0.39, 0.29) is 16.3 Å². The number of hydrogen-bond donors (Lipinski definition) is 0. The van der Waals surface area contributed by atoms with E-state index in [1.54, 1.807) is 0 Å². The summed E-state index contributed by atoms with van der Waals surface area (Å²) in [5.74, 6) is -0.752. The van der Waals surface area contributed by atoms with Gasteiger partial charge in [-0.1, -0.05) is 30.0 Å². The molecule has 0 spiro atoms. The molecule has 0 aliphatic rings. The van der Waals surface area contributed by atoms with Crippen molar-refractivity contribution < 1.29 is 9.31 Å². The Kier molecular flexibility index (Phi) is 5.32. The third-order valence-electron chi connectivity index (χ3n) is 3.02. The number of halogens is 1.